The van der Waals surface area contributed by atoms with Crippen molar-refractivity contribution in [2.75, 3.05) is 18.8 Å². The minimum absolute atomic E-state index is 0. The molecule has 0 aliphatic carbocycles. The van der Waals surface area contributed by atoms with Crippen LogP contribution < -0.4 is 11.1 Å². The molecule has 0 aromatic heterocycles. The molecule has 0 radical (unpaired) electrons. The maximum atomic E-state index is 13.0. The molecule has 0 bridgehead atoms. The van der Waals surface area contributed by atoms with Crippen LogP contribution in [0.5, 0.6) is 0 Å². The SMILES string of the molecule is Cc1ccc(N)cc1C(=O)NC(Cc1ccccc1)C(=O)N1CCCC1.Cl. The Balaban J connectivity index is 0.00000261. The molecule has 1 heterocycles. The molecule has 3 N–H and O–H groups in total. The zero-order valence-electron chi connectivity index (χ0n) is 15.5. The van der Waals surface area contributed by atoms with Gasteiger partial charge in [0.25, 0.3) is 5.91 Å². The molecule has 2 aromatic carbocycles. The van der Waals surface area contributed by atoms with E-state index < -0.39 is 6.04 Å². The molecule has 1 aliphatic heterocycles. The Morgan fingerprint density at radius 3 is 2.44 bits per heavy atom. The quantitative estimate of drug-likeness (QED) is 0.774. The fourth-order valence-electron chi connectivity index (χ4n) is 3.33. The van der Waals surface area contributed by atoms with Gasteiger partial charge in [-0.15, -0.1) is 12.4 Å². The smallest absolute Gasteiger partial charge is 0.252 e. The molecule has 1 saturated heterocycles. The molecule has 5 nitrogen and oxygen atoms in total. The Bertz CT molecular complexity index is 789. The summed E-state index contributed by atoms with van der Waals surface area (Å²) in [5.74, 6) is -0.274. The number of benzene rings is 2. The van der Waals surface area contributed by atoms with Crippen LogP contribution in [0.2, 0.25) is 0 Å². The third-order valence-corrected chi connectivity index (χ3v) is 4.81. The fraction of sp³-hybridized carbons (Fsp3) is 0.333. The van der Waals surface area contributed by atoms with E-state index in [4.69, 9.17) is 5.73 Å². The number of nitrogen functional groups attached to an aromatic ring is 1. The van der Waals surface area contributed by atoms with Gasteiger partial charge in [-0.05, 0) is 43.0 Å². The van der Waals surface area contributed by atoms with E-state index in [1.54, 1.807) is 12.1 Å². The Morgan fingerprint density at radius 2 is 1.78 bits per heavy atom. The molecule has 144 valence electrons. The summed E-state index contributed by atoms with van der Waals surface area (Å²) in [6.07, 6.45) is 2.52. The van der Waals surface area contributed by atoms with Crippen LogP contribution >= 0.6 is 12.4 Å². The molecule has 1 fully saturated rings. The molecular weight excluding hydrogens is 362 g/mol. The van der Waals surface area contributed by atoms with Crippen molar-refractivity contribution in [1.82, 2.24) is 10.2 Å². The number of halogens is 1. The monoisotopic (exact) mass is 387 g/mol. The maximum absolute atomic E-state index is 13.0. The summed E-state index contributed by atoms with van der Waals surface area (Å²) >= 11 is 0. The second kappa shape index (κ2) is 9.42. The third kappa shape index (κ3) is 5.23. The van der Waals surface area contributed by atoms with Crippen molar-refractivity contribution in [3.05, 3.63) is 65.2 Å². The number of rotatable bonds is 5. The van der Waals surface area contributed by atoms with Crippen molar-refractivity contribution in [2.24, 2.45) is 0 Å². The van der Waals surface area contributed by atoms with Crippen LogP contribution in [0.1, 0.15) is 34.3 Å². The van der Waals surface area contributed by atoms with Crippen molar-refractivity contribution in [3.63, 3.8) is 0 Å². The number of aryl methyl sites for hydroxylation is 1. The van der Waals surface area contributed by atoms with Gasteiger partial charge in [0.2, 0.25) is 5.91 Å². The minimum atomic E-state index is -0.580. The predicted octanol–water partition coefficient (Wildman–Crippen LogP) is 2.96. The number of nitrogens with zero attached hydrogens (tertiary/aromatic N) is 1. The minimum Gasteiger partial charge on any atom is -0.399 e. The summed E-state index contributed by atoms with van der Waals surface area (Å²) in [5.41, 5.74) is 8.73. The fourth-order valence-corrected chi connectivity index (χ4v) is 3.33. The summed E-state index contributed by atoms with van der Waals surface area (Å²) in [4.78, 5) is 27.6. The second-order valence-corrected chi connectivity index (χ2v) is 6.82. The predicted molar refractivity (Wildman–Crippen MR) is 110 cm³/mol. The van der Waals surface area contributed by atoms with Crippen LogP contribution in [0.25, 0.3) is 0 Å². The van der Waals surface area contributed by atoms with E-state index in [0.717, 1.165) is 37.1 Å². The molecule has 2 amide bonds. The van der Waals surface area contributed by atoms with Gasteiger partial charge in [-0.1, -0.05) is 36.4 Å². The number of anilines is 1. The molecule has 1 atom stereocenters. The van der Waals surface area contributed by atoms with Gasteiger partial charge in [-0.3, -0.25) is 9.59 Å². The van der Waals surface area contributed by atoms with Crippen LogP contribution in [0, 0.1) is 6.92 Å². The summed E-state index contributed by atoms with van der Waals surface area (Å²) < 4.78 is 0. The highest BCUT2D eigenvalue weighted by Crippen LogP contribution is 2.15. The van der Waals surface area contributed by atoms with E-state index in [9.17, 15) is 9.59 Å². The van der Waals surface area contributed by atoms with Crippen LogP contribution in [-0.2, 0) is 11.2 Å². The van der Waals surface area contributed by atoms with E-state index in [0.29, 0.717) is 17.7 Å². The molecule has 27 heavy (non-hydrogen) atoms. The molecule has 6 heteroatoms. The largest absolute Gasteiger partial charge is 0.399 e. The number of hydrogen-bond donors (Lipinski definition) is 2. The average Bonchev–Trinajstić information content (AvgIpc) is 3.18. The highest BCUT2D eigenvalue weighted by atomic mass is 35.5. The number of carbonyl (C=O) groups excluding carboxylic acids is 2. The summed E-state index contributed by atoms with van der Waals surface area (Å²) in [6.45, 7) is 3.39. The maximum Gasteiger partial charge on any atom is 0.252 e. The van der Waals surface area contributed by atoms with E-state index >= 15 is 0 Å². The van der Waals surface area contributed by atoms with Crippen LogP contribution in [0.4, 0.5) is 5.69 Å². The third-order valence-electron chi connectivity index (χ3n) is 4.81. The van der Waals surface area contributed by atoms with Gasteiger partial charge in [0.15, 0.2) is 0 Å². The molecule has 2 aromatic rings. The Labute approximate surface area is 166 Å². The number of nitrogens with two attached hydrogens (primary N) is 1. The van der Waals surface area contributed by atoms with Gasteiger partial charge in [-0.2, -0.15) is 0 Å². The van der Waals surface area contributed by atoms with Gasteiger partial charge in [0, 0.05) is 30.8 Å². The Kier molecular flexibility index (Phi) is 7.25. The topological polar surface area (TPSA) is 75.4 Å². The van der Waals surface area contributed by atoms with Gasteiger partial charge in [0.1, 0.15) is 6.04 Å². The van der Waals surface area contributed by atoms with Crippen molar-refractivity contribution in [3.8, 4) is 0 Å². The Hall–Kier alpha value is -2.53. The summed E-state index contributed by atoms with van der Waals surface area (Å²) in [6, 6.07) is 14.4. The molecule has 0 spiro atoms. The van der Waals surface area contributed by atoms with Crippen LogP contribution in [0.3, 0.4) is 0 Å². The standard InChI is InChI=1S/C21H25N3O2.ClH/c1-15-9-10-17(22)14-18(15)20(25)23-19(13-16-7-3-2-4-8-16)21(26)24-11-5-6-12-24;/h2-4,7-10,14,19H,5-6,11-13,22H2,1H3,(H,23,25);1H. The molecule has 1 aliphatic rings. The number of hydrogen-bond acceptors (Lipinski definition) is 3. The van der Waals surface area contributed by atoms with E-state index in [2.05, 4.69) is 5.32 Å². The van der Waals surface area contributed by atoms with Crippen molar-refractivity contribution >= 4 is 29.9 Å². The molecule has 1 unspecified atom stereocenters. The number of carbonyl (C=O) groups is 2. The van der Waals surface area contributed by atoms with Gasteiger partial charge < -0.3 is 16.0 Å². The lowest BCUT2D eigenvalue weighted by atomic mass is 10.0. The van der Waals surface area contributed by atoms with Gasteiger partial charge >= 0.3 is 0 Å². The summed E-state index contributed by atoms with van der Waals surface area (Å²) in [7, 11) is 0. The molecule has 3 rings (SSSR count). The zero-order chi connectivity index (χ0) is 18.5. The lowest BCUT2D eigenvalue weighted by Gasteiger charge is -2.24. The normalized spacial score (nSPS) is 14.3. The van der Waals surface area contributed by atoms with Crippen molar-refractivity contribution in [2.45, 2.75) is 32.2 Å². The second-order valence-electron chi connectivity index (χ2n) is 6.82. The number of likely N-dealkylation sites (tertiary alicyclic amines) is 1. The zero-order valence-corrected chi connectivity index (χ0v) is 16.3. The first-order valence-electron chi connectivity index (χ1n) is 9.04. The number of amides is 2. The average molecular weight is 388 g/mol. The van der Waals surface area contributed by atoms with E-state index in [1.165, 1.54) is 0 Å². The van der Waals surface area contributed by atoms with Crippen LogP contribution in [-0.4, -0.2) is 35.8 Å². The molecule has 0 saturated carbocycles. The van der Waals surface area contributed by atoms with E-state index in [-0.39, 0.29) is 24.2 Å². The first-order valence-corrected chi connectivity index (χ1v) is 9.04. The highest BCUT2D eigenvalue weighted by molar-refractivity contribution is 5.99. The highest BCUT2D eigenvalue weighted by Gasteiger charge is 2.28. The Morgan fingerprint density at radius 1 is 1.11 bits per heavy atom. The first-order chi connectivity index (χ1) is 12.5. The van der Waals surface area contributed by atoms with Crippen molar-refractivity contribution in [1.29, 1.82) is 0 Å². The van der Waals surface area contributed by atoms with Crippen LogP contribution in [0.15, 0.2) is 48.5 Å². The van der Waals surface area contributed by atoms with Crippen molar-refractivity contribution < 1.29 is 9.59 Å². The van der Waals surface area contributed by atoms with E-state index in [1.807, 2.05) is 48.2 Å². The van der Waals surface area contributed by atoms with Gasteiger partial charge in [0.05, 0.1) is 0 Å². The molecular formula is C21H26ClN3O2. The number of nitrogens with one attached hydrogen (secondary N) is 1. The summed E-state index contributed by atoms with van der Waals surface area (Å²) in [5, 5.41) is 2.94. The first kappa shape index (κ1) is 20.8. The lowest BCUT2D eigenvalue weighted by molar-refractivity contribution is -0.132. The lowest BCUT2D eigenvalue weighted by Crippen LogP contribution is -2.49. The van der Waals surface area contributed by atoms with Gasteiger partial charge in [-0.25, -0.2) is 0 Å².